The van der Waals surface area contributed by atoms with Gasteiger partial charge in [-0.2, -0.15) is 4.31 Å². The van der Waals surface area contributed by atoms with Gasteiger partial charge in [0.05, 0.1) is 4.90 Å². The zero-order valence-electron chi connectivity index (χ0n) is 16.2. The Labute approximate surface area is 166 Å². The number of nitrogens with one attached hydrogen (secondary N) is 1. The van der Waals surface area contributed by atoms with Crippen molar-refractivity contribution in [3.8, 4) is 5.75 Å². The molecule has 0 aromatic heterocycles. The van der Waals surface area contributed by atoms with E-state index in [1.807, 2.05) is 24.3 Å². The maximum absolute atomic E-state index is 12.5. The second-order valence-electron chi connectivity index (χ2n) is 7.20. The van der Waals surface area contributed by atoms with Gasteiger partial charge in [-0.3, -0.25) is 4.79 Å². The summed E-state index contributed by atoms with van der Waals surface area (Å²) in [7, 11) is -3.44. The number of anilines is 1. The summed E-state index contributed by atoms with van der Waals surface area (Å²) in [5.74, 6) is 0.768. The molecule has 0 radical (unpaired) electrons. The van der Waals surface area contributed by atoms with Crippen LogP contribution in [0.1, 0.15) is 38.2 Å². The molecule has 2 aromatic carbocycles. The van der Waals surface area contributed by atoms with Crippen LogP contribution in [0.5, 0.6) is 5.75 Å². The predicted octanol–water partition coefficient (Wildman–Crippen LogP) is 3.61. The molecule has 7 heteroatoms. The third-order valence-corrected chi connectivity index (χ3v) is 6.67. The van der Waals surface area contributed by atoms with Crippen LogP contribution in [0, 0.1) is 0 Å². The Bertz CT molecular complexity index is 900. The fraction of sp³-hybridized carbons (Fsp3) is 0.381. The number of rotatable bonds is 7. The standard InChI is InChI=1S/C21H26N2O4S/c1-16(2)17-5-9-19(10-6-17)27-15-21(24)22-18-7-11-20(12-8-18)28(25,26)23-13-3-4-14-23/h5-12,16H,3-4,13-15H2,1-2H3,(H,22,24). The summed E-state index contributed by atoms with van der Waals surface area (Å²) >= 11 is 0. The summed E-state index contributed by atoms with van der Waals surface area (Å²) < 4.78 is 32.0. The van der Waals surface area contributed by atoms with Gasteiger partial charge in [-0.25, -0.2) is 8.42 Å². The first-order chi connectivity index (χ1) is 13.4. The van der Waals surface area contributed by atoms with Crippen molar-refractivity contribution in [2.24, 2.45) is 0 Å². The van der Waals surface area contributed by atoms with E-state index >= 15 is 0 Å². The lowest BCUT2D eigenvalue weighted by atomic mass is 10.0. The minimum absolute atomic E-state index is 0.116. The van der Waals surface area contributed by atoms with E-state index in [0.717, 1.165) is 12.8 Å². The van der Waals surface area contributed by atoms with Gasteiger partial charge >= 0.3 is 0 Å². The number of ether oxygens (including phenoxy) is 1. The van der Waals surface area contributed by atoms with E-state index in [1.54, 1.807) is 12.1 Å². The summed E-state index contributed by atoms with van der Waals surface area (Å²) in [6, 6.07) is 13.9. The summed E-state index contributed by atoms with van der Waals surface area (Å²) in [5, 5.41) is 2.72. The first-order valence-corrected chi connectivity index (χ1v) is 10.9. The number of hydrogen-bond donors (Lipinski definition) is 1. The molecule has 1 N–H and O–H groups in total. The van der Waals surface area contributed by atoms with Gasteiger partial charge < -0.3 is 10.1 Å². The van der Waals surface area contributed by atoms with Crippen molar-refractivity contribution in [2.75, 3.05) is 25.0 Å². The summed E-state index contributed by atoms with van der Waals surface area (Å²) in [5.41, 5.74) is 1.74. The first kappa shape index (κ1) is 20.4. The van der Waals surface area contributed by atoms with E-state index in [1.165, 1.54) is 22.0 Å². The maximum atomic E-state index is 12.5. The van der Waals surface area contributed by atoms with E-state index in [9.17, 15) is 13.2 Å². The van der Waals surface area contributed by atoms with Gasteiger partial charge in [-0.05, 0) is 60.7 Å². The van der Waals surface area contributed by atoms with Crippen LogP contribution in [0.3, 0.4) is 0 Å². The maximum Gasteiger partial charge on any atom is 0.262 e. The highest BCUT2D eigenvalue weighted by atomic mass is 32.2. The molecule has 0 unspecified atom stereocenters. The molecule has 0 spiro atoms. The summed E-state index contributed by atoms with van der Waals surface area (Å²) in [6.45, 7) is 5.25. The smallest absolute Gasteiger partial charge is 0.262 e. The van der Waals surface area contributed by atoms with Crippen LogP contribution < -0.4 is 10.1 Å². The Morgan fingerprint density at radius 1 is 1.04 bits per heavy atom. The Hall–Kier alpha value is -2.38. The highest BCUT2D eigenvalue weighted by molar-refractivity contribution is 7.89. The topological polar surface area (TPSA) is 75.7 Å². The average molecular weight is 403 g/mol. The molecule has 0 bridgehead atoms. The van der Waals surface area contributed by atoms with Crippen molar-refractivity contribution in [3.63, 3.8) is 0 Å². The molecule has 3 rings (SSSR count). The third kappa shape index (κ3) is 4.91. The number of hydrogen-bond acceptors (Lipinski definition) is 4. The minimum Gasteiger partial charge on any atom is -0.484 e. The fourth-order valence-electron chi connectivity index (χ4n) is 3.08. The molecular weight excluding hydrogens is 376 g/mol. The molecule has 28 heavy (non-hydrogen) atoms. The normalized spacial score (nSPS) is 15.0. The lowest BCUT2D eigenvalue weighted by molar-refractivity contribution is -0.118. The van der Waals surface area contributed by atoms with Gasteiger partial charge in [0.2, 0.25) is 10.0 Å². The molecule has 1 amide bonds. The van der Waals surface area contributed by atoms with E-state index in [0.29, 0.717) is 30.4 Å². The molecule has 1 saturated heterocycles. The second-order valence-corrected chi connectivity index (χ2v) is 9.13. The number of benzene rings is 2. The van der Waals surface area contributed by atoms with Crippen molar-refractivity contribution in [2.45, 2.75) is 37.5 Å². The van der Waals surface area contributed by atoms with Crippen molar-refractivity contribution >= 4 is 21.6 Å². The first-order valence-electron chi connectivity index (χ1n) is 9.49. The molecule has 1 heterocycles. The van der Waals surface area contributed by atoms with Crippen molar-refractivity contribution in [1.82, 2.24) is 4.31 Å². The zero-order valence-corrected chi connectivity index (χ0v) is 17.0. The van der Waals surface area contributed by atoms with Gasteiger partial charge in [0, 0.05) is 18.8 Å². The molecule has 0 aliphatic carbocycles. The molecule has 0 saturated carbocycles. The largest absolute Gasteiger partial charge is 0.484 e. The minimum atomic E-state index is -3.44. The Kier molecular flexibility index (Phi) is 6.36. The number of sulfonamides is 1. The van der Waals surface area contributed by atoms with Crippen molar-refractivity contribution in [3.05, 3.63) is 54.1 Å². The lowest BCUT2D eigenvalue weighted by Gasteiger charge is -2.15. The predicted molar refractivity (Wildman–Crippen MR) is 109 cm³/mol. The van der Waals surface area contributed by atoms with Gasteiger partial charge in [0.1, 0.15) is 5.75 Å². The molecule has 1 aliphatic heterocycles. The third-order valence-electron chi connectivity index (χ3n) is 4.76. The average Bonchev–Trinajstić information content (AvgIpc) is 3.23. The highest BCUT2D eigenvalue weighted by Crippen LogP contribution is 2.22. The van der Waals surface area contributed by atoms with Crippen LogP contribution >= 0.6 is 0 Å². The van der Waals surface area contributed by atoms with Crippen LogP contribution in [0.15, 0.2) is 53.4 Å². The second kappa shape index (κ2) is 8.75. The lowest BCUT2D eigenvalue weighted by Crippen LogP contribution is -2.27. The monoisotopic (exact) mass is 402 g/mol. The highest BCUT2D eigenvalue weighted by Gasteiger charge is 2.26. The van der Waals surface area contributed by atoms with Crippen LogP contribution in [0.4, 0.5) is 5.69 Å². The Morgan fingerprint density at radius 2 is 1.64 bits per heavy atom. The Morgan fingerprint density at radius 3 is 2.21 bits per heavy atom. The molecule has 2 aromatic rings. The van der Waals surface area contributed by atoms with E-state index in [-0.39, 0.29) is 17.4 Å². The van der Waals surface area contributed by atoms with Crippen molar-refractivity contribution < 1.29 is 17.9 Å². The molecular formula is C21H26N2O4S. The van der Waals surface area contributed by atoms with E-state index in [4.69, 9.17) is 4.74 Å². The van der Waals surface area contributed by atoms with Gasteiger partial charge in [0.15, 0.2) is 6.61 Å². The number of carbonyl (C=O) groups is 1. The molecule has 6 nitrogen and oxygen atoms in total. The Balaban J connectivity index is 1.54. The van der Waals surface area contributed by atoms with E-state index in [2.05, 4.69) is 19.2 Å². The quantitative estimate of drug-likeness (QED) is 0.768. The molecule has 1 fully saturated rings. The SMILES string of the molecule is CC(C)c1ccc(OCC(=O)Nc2ccc(S(=O)(=O)N3CCCC3)cc2)cc1. The number of carbonyl (C=O) groups excluding carboxylic acids is 1. The zero-order chi connectivity index (χ0) is 20.1. The van der Waals surface area contributed by atoms with Gasteiger partial charge in [0.25, 0.3) is 5.91 Å². The fourth-order valence-corrected chi connectivity index (χ4v) is 4.60. The van der Waals surface area contributed by atoms with Gasteiger partial charge in [-0.15, -0.1) is 0 Å². The number of amides is 1. The molecule has 150 valence electrons. The summed E-state index contributed by atoms with van der Waals surface area (Å²) in [4.78, 5) is 12.3. The number of nitrogens with zero attached hydrogens (tertiary/aromatic N) is 1. The molecule has 1 aliphatic rings. The summed E-state index contributed by atoms with van der Waals surface area (Å²) in [6.07, 6.45) is 1.79. The van der Waals surface area contributed by atoms with Crippen LogP contribution in [0.2, 0.25) is 0 Å². The van der Waals surface area contributed by atoms with Crippen LogP contribution in [0.25, 0.3) is 0 Å². The van der Waals surface area contributed by atoms with E-state index < -0.39 is 10.0 Å². The van der Waals surface area contributed by atoms with Crippen LogP contribution in [-0.4, -0.2) is 38.3 Å². The van der Waals surface area contributed by atoms with Gasteiger partial charge in [-0.1, -0.05) is 26.0 Å². The molecule has 0 atom stereocenters. The van der Waals surface area contributed by atoms with Crippen molar-refractivity contribution in [1.29, 1.82) is 0 Å². The van der Waals surface area contributed by atoms with Crippen LogP contribution in [-0.2, 0) is 14.8 Å².